The summed E-state index contributed by atoms with van der Waals surface area (Å²) in [7, 11) is 1.51. The number of nitrogens with one attached hydrogen (secondary N) is 1. The molecule has 0 heterocycles. The maximum atomic E-state index is 11.8. The Labute approximate surface area is 159 Å². The number of amides is 1. The van der Waals surface area contributed by atoms with E-state index in [2.05, 4.69) is 5.32 Å². The number of carbonyl (C=O) groups excluding carboxylic acids is 2. The van der Waals surface area contributed by atoms with Crippen molar-refractivity contribution >= 4 is 29.6 Å². The van der Waals surface area contributed by atoms with E-state index in [0.717, 1.165) is 0 Å². The first kappa shape index (κ1) is 21.8. The number of hydrogen-bond donors (Lipinski definition) is 1. The maximum Gasteiger partial charge on any atom is 0.331 e. The summed E-state index contributed by atoms with van der Waals surface area (Å²) in [6.07, 6.45) is 2.76. The minimum absolute atomic E-state index is 0.00945. The molecular formula is C19H26ClNO5. The number of rotatable bonds is 9. The van der Waals surface area contributed by atoms with Gasteiger partial charge in [-0.2, -0.15) is 0 Å². The zero-order chi connectivity index (χ0) is 19.7. The molecule has 0 aliphatic rings. The van der Waals surface area contributed by atoms with Crippen LogP contribution in [0.2, 0.25) is 5.02 Å². The second kappa shape index (κ2) is 10.7. The van der Waals surface area contributed by atoms with E-state index in [1.54, 1.807) is 12.1 Å². The predicted octanol–water partition coefficient (Wildman–Crippen LogP) is 3.46. The molecule has 0 aliphatic heterocycles. The highest BCUT2D eigenvalue weighted by Gasteiger charge is 2.13. The molecule has 0 saturated heterocycles. The van der Waals surface area contributed by atoms with Crippen LogP contribution in [0.15, 0.2) is 18.2 Å². The van der Waals surface area contributed by atoms with Gasteiger partial charge in [0.2, 0.25) is 0 Å². The summed E-state index contributed by atoms with van der Waals surface area (Å²) < 4.78 is 15.6. The summed E-state index contributed by atoms with van der Waals surface area (Å²) in [6, 6.07) is 3.35. The topological polar surface area (TPSA) is 73.9 Å². The summed E-state index contributed by atoms with van der Waals surface area (Å²) in [5, 5.41) is 3.14. The summed E-state index contributed by atoms with van der Waals surface area (Å²) in [4.78, 5) is 23.5. The molecule has 1 atom stereocenters. The lowest BCUT2D eigenvalue weighted by molar-refractivity contribution is -0.144. The fourth-order valence-electron chi connectivity index (χ4n) is 1.93. The number of esters is 1. The molecule has 26 heavy (non-hydrogen) atoms. The van der Waals surface area contributed by atoms with Gasteiger partial charge in [0.25, 0.3) is 5.91 Å². The molecule has 0 aliphatic carbocycles. The quantitative estimate of drug-likeness (QED) is 0.522. The van der Waals surface area contributed by atoms with Crippen molar-refractivity contribution in [2.24, 2.45) is 5.92 Å². The van der Waals surface area contributed by atoms with E-state index in [4.69, 9.17) is 25.8 Å². The Morgan fingerprint density at radius 1 is 1.27 bits per heavy atom. The highest BCUT2D eigenvalue weighted by Crippen LogP contribution is 2.36. The lowest BCUT2D eigenvalue weighted by atomic mass is 10.1. The molecule has 6 nitrogen and oxygen atoms in total. The van der Waals surface area contributed by atoms with E-state index >= 15 is 0 Å². The first-order chi connectivity index (χ1) is 12.3. The van der Waals surface area contributed by atoms with Crippen LogP contribution in [0.4, 0.5) is 0 Å². The third kappa shape index (κ3) is 6.96. The van der Waals surface area contributed by atoms with Crippen molar-refractivity contribution in [1.29, 1.82) is 0 Å². The third-order valence-electron chi connectivity index (χ3n) is 3.69. The fourth-order valence-corrected chi connectivity index (χ4v) is 2.21. The number of benzene rings is 1. The van der Waals surface area contributed by atoms with Gasteiger partial charge < -0.3 is 19.5 Å². The molecule has 0 spiro atoms. The number of ether oxygens (including phenoxy) is 3. The minimum Gasteiger partial charge on any atom is -0.493 e. The molecule has 144 valence electrons. The number of hydrogen-bond acceptors (Lipinski definition) is 5. The second-order valence-corrected chi connectivity index (χ2v) is 6.42. The third-order valence-corrected chi connectivity index (χ3v) is 3.97. The lowest BCUT2D eigenvalue weighted by Crippen LogP contribution is -2.38. The van der Waals surface area contributed by atoms with Crippen LogP contribution in [0.5, 0.6) is 11.5 Å². The van der Waals surface area contributed by atoms with Crippen LogP contribution in [-0.2, 0) is 14.3 Å². The summed E-state index contributed by atoms with van der Waals surface area (Å²) in [5.74, 6) is 0.260. The van der Waals surface area contributed by atoms with Crippen LogP contribution in [-0.4, -0.2) is 38.2 Å². The Morgan fingerprint density at radius 3 is 2.54 bits per heavy atom. The molecule has 0 aromatic heterocycles. The normalized spacial score (nSPS) is 12.1. The Hall–Kier alpha value is -2.21. The van der Waals surface area contributed by atoms with Crippen LogP contribution in [0.3, 0.4) is 0 Å². The molecule has 0 radical (unpaired) electrons. The Morgan fingerprint density at radius 2 is 1.96 bits per heavy atom. The van der Waals surface area contributed by atoms with Gasteiger partial charge in [-0.25, -0.2) is 4.79 Å². The molecule has 1 aromatic rings. The Balaban J connectivity index is 2.65. The van der Waals surface area contributed by atoms with E-state index in [9.17, 15) is 9.59 Å². The molecule has 0 fully saturated rings. The van der Waals surface area contributed by atoms with Crippen molar-refractivity contribution in [2.45, 2.75) is 33.7 Å². The summed E-state index contributed by atoms with van der Waals surface area (Å²) >= 11 is 6.18. The lowest BCUT2D eigenvalue weighted by Gasteiger charge is -2.17. The molecule has 1 aromatic carbocycles. The van der Waals surface area contributed by atoms with E-state index in [-0.39, 0.29) is 18.6 Å². The van der Waals surface area contributed by atoms with Gasteiger partial charge in [-0.1, -0.05) is 25.4 Å². The largest absolute Gasteiger partial charge is 0.493 e. The smallest absolute Gasteiger partial charge is 0.331 e. The van der Waals surface area contributed by atoms with Crippen LogP contribution in [0, 0.1) is 5.92 Å². The van der Waals surface area contributed by atoms with Gasteiger partial charge in [-0.3, -0.25) is 4.79 Å². The van der Waals surface area contributed by atoms with Crippen LogP contribution < -0.4 is 14.8 Å². The monoisotopic (exact) mass is 383 g/mol. The van der Waals surface area contributed by atoms with E-state index in [1.807, 2.05) is 27.7 Å². The van der Waals surface area contributed by atoms with Crippen molar-refractivity contribution in [3.63, 3.8) is 0 Å². The second-order valence-electron chi connectivity index (χ2n) is 6.01. The zero-order valence-electron chi connectivity index (χ0n) is 15.8. The first-order valence-corrected chi connectivity index (χ1v) is 8.80. The van der Waals surface area contributed by atoms with Crippen molar-refractivity contribution in [1.82, 2.24) is 5.32 Å². The first-order valence-electron chi connectivity index (χ1n) is 8.43. The molecule has 0 bridgehead atoms. The summed E-state index contributed by atoms with van der Waals surface area (Å²) in [6.45, 7) is 7.86. The number of carbonyl (C=O) groups is 2. The van der Waals surface area contributed by atoms with Gasteiger partial charge in [0.1, 0.15) is 0 Å². The molecule has 1 amide bonds. The van der Waals surface area contributed by atoms with Crippen molar-refractivity contribution < 1.29 is 23.8 Å². The minimum atomic E-state index is -0.624. The predicted molar refractivity (Wildman–Crippen MR) is 102 cm³/mol. The Bertz CT molecular complexity index is 658. The average Bonchev–Trinajstić information content (AvgIpc) is 2.59. The number of methoxy groups -OCH3 is 1. The SMILES string of the molecule is CCOc1c(Cl)cc(/C=C/C(=O)OCC(=O)N[C@@H](C)C(C)C)cc1OC. The maximum absolute atomic E-state index is 11.8. The van der Waals surface area contributed by atoms with Gasteiger partial charge >= 0.3 is 5.97 Å². The zero-order valence-corrected chi connectivity index (χ0v) is 16.6. The van der Waals surface area contributed by atoms with Crippen LogP contribution in [0.1, 0.15) is 33.3 Å². The molecule has 7 heteroatoms. The van der Waals surface area contributed by atoms with Crippen molar-refractivity contribution in [3.05, 3.63) is 28.8 Å². The van der Waals surface area contributed by atoms with E-state index in [0.29, 0.717) is 34.6 Å². The van der Waals surface area contributed by atoms with E-state index < -0.39 is 5.97 Å². The molecule has 1 N–H and O–H groups in total. The van der Waals surface area contributed by atoms with Gasteiger partial charge in [-0.15, -0.1) is 0 Å². The molecular weight excluding hydrogens is 358 g/mol. The van der Waals surface area contributed by atoms with Gasteiger partial charge in [0.15, 0.2) is 18.1 Å². The fraction of sp³-hybridized carbons (Fsp3) is 0.474. The van der Waals surface area contributed by atoms with Crippen LogP contribution >= 0.6 is 11.6 Å². The van der Waals surface area contributed by atoms with E-state index in [1.165, 1.54) is 19.3 Å². The summed E-state index contributed by atoms with van der Waals surface area (Å²) in [5.41, 5.74) is 0.644. The van der Waals surface area contributed by atoms with Crippen molar-refractivity contribution in [3.8, 4) is 11.5 Å². The molecule has 1 rings (SSSR count). The molecule has 0 saturated carbocycles. The molecule has 0 unspecified atom stereocenters. The standard InChI is InChI=1S/C19H26ClNO5/c1-6-25-19-15(20)9-14(10-16(19)24-5)7-8-18(23)26-11-17(22)21-13(4)12(2)3/h7-10,12-13H,6,11H2,1-5H3,(H,21,22)/b8-7+/t13-/m0/s1. The van der Waals surface area contributed by atoms with Gasteiger partial charge in [0, 0.05) is 12.1 Å². The van der Waals surface area contributed by atoms with Crippen molar-refractivity contribution in [2.75, 3.05) is 20.3 Å². The Kier molecular flexibility index (Phi) is 8.99. The highest BCUT2D eigenvalue weighted by atomic mass is 35.5. The number of halogens is 1. The van der Waals surface area contributed by atoms with Gasteiger partial charge in [-0.05, 0) is 43.5 Å². The van der Waals surface area contributed by atoms with Crippen LogP contribution in [0.25, 0.3) is 6.08 Å². The van der Waals surface area contributed by atoms with Gasteiger partial charge in [0.05, 0.1) is 18.7 Å². The average molecular weight is 384 g/mol. The highest BCUT2D eigenvalue weighted by molar-refractivity contribution is 6.32.